The van der Waals surface area contributed by atoms with Gasteiger partial charge in [0.25, 0.3) is 0 Å². The Kier molecular flexibility index (Phi) is 3.31. The fourth-order valence-corrected chi connectivity index (χ4v) is 2.09. The van der Waals surface area contributed by atoms with Crippen LogP contribution in [0.1, 0.15) is 21.6 Å². The monoisotopic (exact) mass is 278 g/mol. The zero-order chi connectivity index (χ0) is 13.3. The first kappa shape index (κ1) is 12.9. The number of pyridine rings is 1. The molecule has 0 spiro atoms. The predicted octanol–water partition coefficient (Wildman–Crippen LogP) is 2.78. The van der Waals surface area contributed by atoms with Crippen LogP contribution in [0.5, 0.6) is 0 Å². The van der Waals surface area contributed by atoms with Crippen molar-refractivity contribution in [3.05, 3.63) is 45.9 Å². The number of alkyl halides is 3. The van der Waals surface area contributed by atoms with Crippen molar-refractivity contribution in [1.29, 1.82) is 0 Å². The van der Waals surface area contributed by atoms with Gasteiger partial charge in [-0.05, 0) is 6.07 Å². The van der Waals surface area contributed by atoms with Crippen molar-refractivity contribution in [2.45, 2.75) is 12.3 Å². The maximum atomic E-state index is 13.3. The van der Waals surface area contributed by atoms with Crippen LogP contribution in [0.3, 0.4) is 0 Å². The van der Waals surface area contributed by atoms with Crippen LogP contribution in [0.2, 0.25) is 0 Å². The normalized spacial score (nSPS) is 13.6. The molecule has 2 aromatic rings. The highest BCUT2D eigenvalue weighted by Crippen LogP contribution is 2.36. The molecular formula is C10H6F4N2OS. The minimum absolute atomic E-state index is 0.0765. The van der Waals surface area contributed by atoms with Crippen LogP contribution >= 0.6 is 11.3 Å². The molecule has 0 aromatic carbocycles. The predicted molar refractivity (Wildman–Crippen MR) is 55.4 cm³/mol. The van der Waals surface area contributed by atoms with Crippen LogP contribution in [-0.2, 0) is 6.18 Å². The van der Waals surface area contributed by atoms with E-state index in [9.17, 15) is 22.7 Å². The van der Waals surface area contributed by atoms with Gasteiger partial charge < -0.3 is 5.11 Å². The van der Waals surface area contributed by atoms with Gasteiger partial charge in [0, 0.05) is 18.0 Å². The number of aromatic nitrogens is 2. The summed E-state index contributed by atoms with van der Waals surface area (Å²) in [6.07, 6.45) is -3.05. The van der Waals surface area contributed by atoms with Crippen molar-refractivity contribution in [1.82, 2.24) is 9.97 Å². The Balaban J connectivity index is 2.33. The standard InChI is InChI=1S/C10H6F4N2OS/c11-6-3-15-2-1-5(6)8(17)7-4-16-9(18-7)10(12,13)14/h1-4,8,17H. The molecule has 0 aliphatic rings. The SMILES string of the molecule is OC(c1cnc(C(F)(F)F)s1)c1ccncc1F. The average Bonchev–Trinajstić information content (AvgIpc) is 2.77. The van der Waals surface area contributed by atoms with Gasteiger partial charge in [-0.25, -0.2) is 9.37 Å². The van der Waals surface area contributed by atoms with E-state index in [0.29, 0.717) is 0 Å². The third-order valence-electron chi connectivity index (χ3n) is 2.13. The molecule has 8 heteroatoms. The molecule has 0 bridgehead atoms. The first-order valence-corrected chi connectivity index (χ1v) is 5.51. The van der Waals surface area contributed by atoms with Crippen LogP contribution in [0.25, 0.3) is 0 Å². The third-order valence-corrected chi connectivity index (χ3v) is 3.23. The van der Waals surface area contributed by atoms with Crippen LogP contribution in [0, 0.1) is 5.82 Å². The quantitative estimate of drug-likeness (QED) is 0.859. The van der Waals surface area contributed by atoms with Crippen molar-refractivity contribution in [2.75, 3.05) is 0 Å². The summed E-state index contributed by atoms with van der Waals surface area (Å²) in [5.74, 6) is -0.785. The van der Waals surface area contributed by atoms with E-state index in [0.717, 1.165) is 12.4 Å². The molecular weight excluding hydrogens is 272 g/mol. The molecule has 0 radical (unpaired) electrons. The summed E-state index contributed by atoms with van der Waals surface area (Å²) in [5, 5.41) is 8.71. The number of nitrogens with zero attached hydrogens (tertiary/aromatic N) is 2. The summed E-state index contributed by atoms with van der Waals surface area (Å²) in [7, 11) is 0. The van der Waals surface area contributed by atoms with Gasteiger partial charge in [0.1, 0.15) is 11.9 Å². The second-order valence-electron chi connectivity index (χ2n) is 3.37. The molecule has 0 aliphatic heterocycles. The average molecular weight is 278 g/mol. The molecule has 0 amide bonds. The van der Waals surface area contributed by atoms with Crippen LogP contribution in [0.15, 0.2) is 24.7 Å². The van der Waals surface area contributed by atoms with Gasteiger partial charge in [-0.2, -0.15) is 13.2 Å². The van der Waals surface area contributed by atoms with Crippen LogP contribution < -0.4 is 0 Å². The van der Waals surface area contributed by atoms with Crippen LogP contribution in [-0.4, -0.2) is 15.1 Å². The van der Waals surface area contributed by atoms with Crippen molar-refractivity contribution in [3.8, 4) is 0 Å². The lowest BCUT2D eigenvalue weighted by molar-refractivity contribution is -0.137. The first-order chi connectivity index (χ1) is 8.39. The van der Waals surface area contributed by atoms with Gasteiger partial charge in [0.2, 0.25) is 0 Å². The second-order valence-corrected chi connectivity index (χ2v) is 4.43. The number of thiazole rings is 1. The lowest BCUT2D eigenvalue weighted by Gasteiger charge is -2.08. The number of rotatable bonds is 2. The van der Waals surface area contributed by atoms with E-state index in [1.54, 1.807) is 0 Å². The van der Waals surface area contributed by atoms with E-state index in [4.69, 9.17) is 0 Å². The Labute approximate surface area is 103 Å². The van der Waals surface area contributed by atoms with Gasteiger partial charge in [0.15, 0.2) is 5.01 Å². The first-order valence-electron chi connectivity index (χ1n) is 4.70. The van der Waals surface area contributed by atoms with Gasteiger partial charge in [-0.15, -0.1) is 11.3 Å². The van der Waals surface area contributed by atoms with Gasteiger partial charge in [-0.3, -0.25) is 4.98 Å². The van der Waals surface area contributed by atoms with E-state index >= 15 is 0 Å². The zero-order valence-electron chi connectivity index (χ0n) is 8.65. The molecule has 96 valence electrons. The van der Waals surface area contributed by atoms with Gasteiger partial charge in [0.05, 0.1) is 11.1 Å². The summed E-state index contributed by atoms with van der Waals surface area (Å²) in [6.45, 7) is 0. The van der Waals surface area contributed by atoms with E-state index < -0.39 is 23.1 Å². The molecule has 18 heavy (non-hydrogen) atoms. The zero-order valence-corrected chi connectivity index (χ0v) is 9.46. The topological polar surface area (TPSA) is 46.0 Å². The fraction of sp³-hybridized carbons (Fsp3) is 0.200. The molecule has 0 fully saturated rings. The maximum absolute atomic E-state index is 13.3. The largest absolute Gasteiger partial charge is 0.443 e. The minimum atomic E-state index is -4.57. The Bertz CT molecular complexity index is 555. The van der Waals surface area contributed by atoms with Crippen molar-refractivity contribution < 1.29 is 22.7 Å². The Hall–Kier alpha value is -1.54. The third kappa shape index (κ3) is 2.49. The Morgan fingerprint density at radius 1 is 1.28 bits per heavy atom. The smallest absolute Gasteiger partial charge is 0.383 e. The molecule has 1 unspecified atom stereocenters. The lowest BCUT2D eigenvalue weighted by atomic mass is 10.1. The van der Waals surface area contributed by atoms with Crippen molar-refractivity contribution >= 4 is 11.3 Å². The molecule has 1 N–H and O–H groups in total. The Morgan fingerprint density at radius 3 is 2.56 bits per heavy atom. The minimum Gasteiger partial charge on any atom is -0.383 e. The van der Waals surface area contributed by atoms with Crippen molar-refractivity contribution in [3.63, 3.8) is 0 Å². The molecule has 0 saturated heterocycles. The highest BCUT2D eigenvalue weighted by Gasteiger charge is 2.35. The number of hydrogen-bond donors (Lipinski definition) is 1. The summed E-state index contributed by atoms with van der Waals surface area (Å²) < 4.78 is 50.3. The summed E-state index contributed by atoms with van der Waals surface area (Å²) in [4.78, 5) is 6.57. The van der Waals surface area contributed by atoms with Crippen LogP contribution in [0.4, 0.5) is 17.6 Å². The van der Waals surface area contributed by atoms with Crippen molar-refractivity contribution in [2.24, 2.45) is 0 Å². The molecule has 3 nitrogen and oxygen atoms in total. The summed E-state index contributed by atoms with van der Waals surface area (Å²) in [5.41, 5.74) is -0.137. The fourth-order valence-electron chi connectivity index (χ4n) is 1.31. The lowest BCUT2D eigenvalue weighted by Crippen LogP contribution is -2.03. The second kappa shape index (κ2) is 4.62. The summed E-state index contributed by atoms with van der Waals surface area (Å²) in [6, 6.07) is 1.20. The van der Waals surface area contributed by atoms with E-state index in [2.05, 4.69) is 9.97 Å². The molecule has 0 aliphatic carbocycles. The highest BCUT2D eigenvalue weighted by atomic mass is 32.1. The number of halogens is 4. The highest BCUT2D eigenvalue weighted by molar-refractivity contribution is 7.11. The summed E-state index contributed by atoms with van der Waals surface area (Å²) >= 11 is 0.278. The maximum Gasteiger partial charge on any atom is 0.443 e. The van der Waals surface area contributed by atoms with Gasteiger partial charge >= 0.3 is 6.18 Å². The molecule has 1 atom stereocenters. The molecule has 2 heterocycles. The van der Waals surface area contributed by atoms with E-state index in [1.807, 2.05) is 0 Å². The van der Waals surface area contributed by atoms with Gasteiger partial charge in [-0.1, -0.05) is 0 Å². The number of aliphatic hydroxyl groups is 1. The molecule has 0 saturated carbocycles. The van der Waals surface area contributed by atoms with E-state index in [1.165, 1.54) is 12.3 Å². The Morgan fingerprint density at radius 2 is 2.00 bits per heavy atom. The molecule has 2 aromatic heterocycles. The number of aliphatic hydroxyl groups excluding tert-OH is 1. The number of hydrogen-bond acceptors (Lipinski definition) is 4. The van der Waals surface area contributed by atoms with E-state index in [-0.39, 0.29) is 21.8 Å². The molecule has 2 rings (SSSR count).